The number of benzene rings is 2. The van der Waals surface area contributed by atoms with E-state index in [0.717, 1.165) is 0 Å². The number of fused-ring (bicyclic) bond motifs is 1. The number of ether oxygens (including phenoxy) is 1. The van der Waals surface area contributed by atoms with Gasteiger partial charge in [-0.3, -0.25) is 9.36 Å². The quantitative estimate of drug-likeness (QED) is 0.522. The highest BCUT2D eigenvalue weighted by atomic mass is 35.5. The molecule has 33 heavy (non-hydrogen) atoms. The van der Waals surface area contributed by atoms with E-state index in [1.54, 1.807) is 70.2 Å². The Bertz CT molecular complexity index is 1270. The summed E-state index contributed by atoms with van der Waals surface area (Å²) in [5, 5.41) is 8.39. The standard InChI is InChI=1S/C23H26ClN5O4/c1-13(26-22(32)33-23(2,3)4)19-28-17-11-7-10-16(24)18(17)20(30)29(19)15-9-6-8-14(12-15)27-21(31)25-5/h6-13H,1-5H3,(H,26,32)(H2,25,27,31)/t13-/m0/s1. The Hall–Kier alpha value is -3.59. The first-order chi connectivity index (χ1) is 15.5. The molecule has 1 aromatic heterocycles. The smallest absolute Gasteiger partial charge is 0.408 e. The Balaban J connectivity index is 2.17. The van der Waals surface area contributed by atoms with Gasteiger partial charge in [0.25, 0.3) is 5.56 Å². The lowest BCUT2D eigenvalue weighted by atomic mass is 10.2. The van der Waals surface area contributed by atoms with Crippen molar-refractivity contribution in [1.29, 1.82) is 0 Å². The molecule has 0 aliphatic carbocycles. The molecule has 0 saturated carbocycles. The summed E-state index contributed by atoms with van der Waals surface area (Å²) in [6, 6.07) is 10.6. The topological polar surface area (TPSA) is 114 Å². The second-order valence-electron chi connectivity index (χ2n) is 8.37. The second kappa shape index (κ2) is 9.50. The predicted molar refractivity (Wildman–Crippen MR) is 128 cm³/mol. The summed E-state index contributed by atoms with van der Waals surface area (Å²) in [6.45, 7) is 6.97. The van der Waals surface area contributed by atoms with Gasteiger partial charge in [-0.1, -0.05) is 23.7 Å². The molecule has 3 rings (SSSR count). The highest BCUT2D eigenvalue weighted by molar-refractivity contribution is 6.35. The van der Waals surface area contributed by atoms with Crippen LogP contribution < -0.4 is 21.5 Å². The van der Waals surface area contributed by atoms with Crippen LogP contribution in [0.4, 0.5) is 15.3 Å². The number of aromatic nitrogens is 2. The van der Waals surface area contributed by atoms with Crippen LogP contribution in [-0.4, -0.2) is 34.3 Å². The molecule has 0 spiro atoms. The third-order valence-electron chi connectivity index (χ3n) is 4.58. The van der Waals surface area contributed by atoms with Crippen molar-refractivity contribution < 1.29 is 14.3 Å². The molecule has 1 atom stereocenters. The number of carbonyl (C=O) groups is 2. The lowest BCUT2D eigenvalue weighted by molar-refractivity contribution is 0.0505. The van der Waals surface area contributed by atoms with Crippen LogP contribution >= 0.6 is 11.6 Å². The number of anilines is 1. The molecule has 3 N–H and O–H groups in total. The molecule has 174 valence electrons. The molecule has 10 heteroatoms. The highest BCUT2D eigenvalue weighted by Crippen LogP contribution is 2.24. The summed E-state index contributed by atoms with van der Waals surface area (Å²) in [5.41, 5.74) is 0.216. The Morgan fingerprint density at radius 2 is 1.85 bits per heavy atom. The van der Waals surface area contributed by atoms with Crippen molar-refractivity contribution in [3.63, 3.8) is 0 Å². The van der Waals surface area contributed by atoms with Crippen LogP contribution in [0.2, 0.25) is 5.02 Å². The zero-order valence-corrected chi connectivity index (χ0v) is 19.8. The van der Waals surface area contributed by atoms with Gasteiger partial charge in [0.1, 0.15) is 11.4 Å². The van der Waals surface area contributed by atoms with Gasteiger partial charge < -0.3 is 20.7 Å². The number of nitrogens with zero attached hydrogens (tertiary/aromatic N) is 2. The monoisotopic (exact) mass is 471 g/mol. The Morgan fingerprint density at radius 1 is 1.15 bits per heavy atom. The van der Waals surface area contributed by atoms with E-state index in [4.69, 9.17) is 16.3 Å². The number of amides is 3. The average molecular weight is 472 g/mol. The largest absolute Gasteiger partial charge is 0.444 e. The van der Waals surface area contributed by atoms with Crippen LogP contribution in [0.3, 0.4) is 0 Å². The van der Waals surface area contributed by atoms with Crippen LogP contribution in [0.5, 0.6) is 0 Å². The van der Waals surface area contributed by atoms with Gasteiger partial charge in [-0.2, -0.15) is 0 Å². The van der Waals surface area contributed by atoms with Gasteiger partial charge in [-0.05, 0) is 58.0 Å². The van der Waals surface area contributed by atoms with E-state index < -0.39 is 29.3 Å². The van der Waals surface area contributed by atoms with Crippen molar-refractivity contribution in [1.82, 2.24) is 20.2 Å². The average Bonchev–Trinajstić information content (AvgIpc) is 2.72. The van der Waals surface area contributed by atoms with Gasteiger partial charge in [0.05, 0.1) is 27.7 Å². The van der Waals surface area contributed by atoms with Gasteiger partial charge >= 0.3 is 12.1 Å². The van der Waals surface area contributed by atoms with E-state index in [1.807, 2.05) is 0 Å². The molecule has 0 radical (unpaired) electrons. The summed E-state index contributed by atoms with van der Waals surface area (Å²) in [5.74, 6) is 0.276. The molecule has 0 saturated heterocycles. The molecule has 0 aliphatic rings. The van der Waals surface area contributed by atoms with Crippen LogP contribution in [0.15, 0.2) is 47.3 Å². The van der Waals surface area contributed by atoms with E-state index in [1.165, 1.54) is 11.6 Å². The maximum absolute atomic E-state index is 13.6. The van der Waals surface area contributed by atoms with Gasteiger partial charge in [0.2, 0.25) is 0 Å². The lowest BCUT2D eigenvalue weighted by Gasteiger charge is -2.23. The molecule has 1 heterocycles. The first-order valence-electron chi connectivity index (χ1n) is 10.3. The first kappa shape index (κ1) is 24.1. The fraction of sp³-hybridized carbons (Fsp3) is 0.304. The van der Waals surface area contributed by atoms with Crippen molar-refractivity contribution in [2.24, 2.45) is 0 Å². The van der Waals surface area contributed by atoms with Gasteiger partial charge in [-0.15, -0.1) is 0 Å². The Labute approximate surface area is 196 Å². The molecule has 2 aromatic carbocycles. The molecular weight excluding hydrogens is 446 g/mol. The molecule has 0 fully saturated rings. The van der Waals surface area contributed by atoms with Crippen molar-refractivity contribution in [2.45, 2.75) is 39.3 Å². The molecule has 0 unspecified atom stereocenters. The van der Waals surface area contributed by atoms with Crippen molar-refractivity contribution in [3.05, 3.63) is 63.7 Å². The molecule has 0 aliphatic heterocycles. The summed E-state index contributed by atoms with van der Waals surface area (Å²) in [4.78, 5) is 42.3. The molecular formula is C23H26ClN5O4. The first-order valence-corrected chi connectivity index (χ1v) is 10.7. The number of carbonyl (C=O) groups excluding carboxylic acids is 2. The molecule has 3 aromatic rings. The van der Waals surface area contributed by atoms with E-state index in [0.29, 0.717) is 16.9 Å². The van der Waals surface area contributed by atoms with E-state index >= 15 is 0 Å². The zero-order chi connectivity index (χ0) is 24.3. The summed E-state index contributed by atoms with van der Waals surface area (Å²) in [6.07, 6.45) is -0.642. The van der Waals surface area contributed by atoms with Crippen LogP contribution in [0, 0.1) is 0 Å². The number of rotatable bonds is 4. The molecule has 0 bridgehead atoms. The number of halogens is 1. The lowest BCUT2D eigenvalue weighted by Crippen LogP contribution is -2.37. The minimum absolute atomic E-state index is 0.247. The normalized spacial score (nSPS) is 12.2. The SMILES string of the molecule is CNC(=O)Nc1cccc(-n2c([C@H](C)NC(=O)OC(C)(C)C)nc3cccc(Cl)c3c2=O)c1. The third-order valence-corrected chi connectivity index (χ3v) is 4.90. The summed E-state index contributed by atoms with van der Waals surface area (Å²) >= 11 is 6.32. The van der Waals surface area contributed by atoms with Crippen LogP contribution in [-0.2, 0) is 4.74 Å². The number of urea groups is 1. The number of hydrogen-bond donors (Lipinski definition) is 3. The number of alkyl carbamates (subject to hydrolysis) is 1. The minimum atomic E-state index is -0.688. The minimum Gasteiger partial charge on any atom is -0.444 e. The fourth-order valence-corrected chi connectivity index (χ4v) is 3.46. The maximum Gasteiger partial charge on any atom is 0.408 e. The van der Waals surface area contributed by atoms with Gasteiger partial charge in [0, 0.05) is 12.7 Å². The van der Waals surface area contributed by atoms with Crippen LogP contribution in [0.25, 0.3) is 16.6 Å². The van der Waals surface area contributed by atoms with Crippen LogP contribution in [0.1, 0.15) is 39.6 Å². The fourth-order valence-electron chi connectivity index (χ4n) is 3.21. The van der Waals surface area contributed by atoms with Gasteiger partial charge in [0.15, 0.2) is 0 Å². The van der Waals surface area contributed by atoms with Crippen molar-refractivity contribution >= 4 is 40.3 Å². The van der Waals surface area contributed by atoms with Crippen molar-refractivity contribution in [2.75, 3.05) is 12.4 Å². The highest BCUT2D eigenvalue weighted by Gasteiger charge is 2.23. The summed E-state index contributed by atoms with van der Waals surface area (Å²) in [7, 11) is 1.50. The van der Waals surface area contributed by atoms with Gasteiger partial charge in [-0.25, -0.2) is 14.6 Å². The Morgan fingerprint density at radius 3 is 2.52 bits per heavy atom. The Kier molecular flexibility index (Phi) is 6.92. The maximum atomic E-state index is 13.6. The van der Waals surface area contributed by atoms with E-state index in [2.05, 4.69) is 20.9 Å². The molecule has 9 nitrogen and oxygen atoms in total. The van der Waals surface area contributed by atoms with Crippen molar-refractivity contribution in [3.8, 4) is 5.69 Å². The predicted octanol–water partition coefficient (Wildman–Crippen LogP) is 4.38. The summed E-state index contributed by atoms with van der Waals surface area (Å²) < 4.78 is 6.71. The molecule has 3 amide bonds. The van der Waals surface area contributed by atoms with E-state index in [-0.39, 0.29) is 16.2 Å². The number of hydrogen-bond acceptors (Lipinski definition) is 5. The van der Waals surface area contributed by atoms with E-state index in [9.17, 15) is 14.4 Å². The zero-order valence-electron chi connectivity index (χ0n) is 19.0. The third kappa shape index (κ3) is 5.61. The second-order valence-corrected chi connectivity index (χ2v) is 8.77. The number of nitrogens with one attached hydrogen (secondary N) is 3.